The van der Waals surface area contributed by atoms with Crippen molar-refractivity contribution in [3.05, 3.63) is 88.7 Å². The van der Waals surface area contributed by atoms with Gasteiger partial charge in [0.25, 0.3) is 0 Å². The van der Waals surface area contributed by atoms with Gasteiger partial charge in [0.2, 0.25) is 0 Å². The largest absolute Gasteiger partial charge is 0.417 e. The van der Waals surface area contributed by atoms with Crippen LogP contribution in [0, 0.1) is 13.8 Å². The van der Waals surface area contributed by atoms with E-state index in [1.807, 2.05) is 32.0 Å². The first-order valence-electron chi connectivity index (χ1n) is 10.3. The molecule has 0 saturated carbocycles. The predicted octanol–water partition coefficient (Wildman–Crippen LogP) is 11.9. The topological polar surface area (TPSA) is 0 Å². The molecule has 0 fully saturated rings. The molecule has 0 N–H and O–H groups in total. The average molecular weight is 760 g/mol. The molecule has 0 bridgehead atoms. The summed E-state index contributed by atoms with van der Waals surface area (Å²) < 4.78 is 83.3. The highest BCUT2D eigenvalue weighted by Crippen LogP contribution is 2.46. The maximum absolute atomic E-state index is 13.5. The molecule has 10 heteroatoms. The van der Waals surface area contributed by atoms with E-state index in [9.17, 15) is 26.3 Å². The van der Waals surface area contributed by atoms with E-state index in [4.69, 9.17) is 0 Å². The van der Waals surface area contributed by atoms with Crippen molar-refractivity contribution in [2.45, 2.75) is 26.2 Å². The van der Waals surface area contributed by atoms with Crippen molar-refractivity contribution < 1.29 is 26.3 Å². The van der Waals surface area contributed by atoms with E-state index in [0.29, 0.717) is 32.2 Å². The number of hydrogen-bond acceptors (Lipinski definition) is 0. The number of hydrogen-bond donors (Lipinski definition) is 0. The normalized spacial score (nSPS) is 12.4. The molecular weight excluding hydrogens is 746 g/mol. The zero-order valence-corrected chi connectivity index (χ0v) is 24.7. The first kappa shape index (κ1) is 27.7. The van der Waals surface area contributed by atoms with Crippen LogP contribution < -0.4 is 0 Å². The molecule has 0 nitrogen and oxygen atoms in total. The van der Waals surface area contributed by atoms with Crippen LogP contribution in [-0.2, 0) is 12.4 Å². The van der Waals surface area contributed by atoms with Gasteiger partial charge in [0, 0.05) is 17.9 Å². The number of benzene rings is 4. The number of rotatable bonds is 2. The Kier molecular flexibility index (Phi) is 7.49. The fourth-order valence-corrected chi connectivity index (χ4v) is 6.30. The molecule has 4 aromatic carbocycles. The smallest absolute Gasteiger partial charge is 0.166 e. The predicted molar refractivity (Wildman–Crippen MR) is 145 cm³/mol. The fourth-order valence-electron chi connectivity index (χ4n) is 3.94. The second-order valence-electron chi connectivity index (χ2n) is 8.30. The van der Waals surface area contributed by atoms with Crippen molar-refractivity contribution in [3.8, 4) is 22.3 Å². The van der Waals surface area contributed by atoms with E-state index in [1.54, 1.807) is 0 Å². The third-order valence-electron chi connectivity index (χ3n) is 5.89. The summed E-state index contributed by atoms with van der Waals surface area (Å²) in [4.78, 5) is 0. The van der Waals surface area contributed by atoms with Gasteiger partial charge in [0.05, 0.1) is 11.1 Å². The van der Waals surface area contributed by atoms with Crippen molar-refractivity contribution in [1.82, 2.24) is 0 Å². The van der Waals surface area contributed by atoms with Gasteiger partial charge in [-0.2, -0.15) is 26.3 Å². The molecule has 36 heavy (non-hydrogen) atoms. The molecule has 0 aliphatic rings. The second kappa shape index (κ2) is 9.75. The van der Waals surface area contributed by atoms with Gasteiger partial charge < -0.3 is 0 Å². The van der Waals surface area contributed by atoms with E-state index < -0.39 is 23.5 Å². The number of alkyl halides is 6. The van der Waals surface area contributed by atoms with Gasteiger partial charge in [-0.1, -0.05) is 69.8 Å². The van der Waals surface area contributed by atoms with E-state index in [0.717, 1.165) is 31.2 Å². The molecule has 0 radical (unpaired) electrons. The molecule has 0 spiro atoms. The third kappa shape index (κ3) is 5.28. The molecule has 0 aliphatic carbocycles. The summed E-state index contributed by atoms with van der Waals surface area (Å²) in [6, 6.07) is 11.7. The molecule has 0 unspecified atom stereocenters. The molecule has 188 valence electrons. The monoisotopic (exact) mass is 756 g/mol. The molecule has 0 heterocycles. The molecular formula is C26H14Br4F6. The van der Waals surface area contributed by atoms with Crippen molar-refractivity contribution in [2.75, 3.05) is 0 Å². The highest BCUT2D eigenvalue weighted by Gasteiger charge is 2.43. The summed E-state index contributed by atoms with van der Waals surface area (Å²) in [6.45, 7) is 4.02. The fraction of sp³-hybridized carbons (Fsp3) is 0.154. The number of fused-ring (bicyclic) bond motifs is 1. The first-order chi connectivity index (χ1) is 16.6. The molecule has 0 aliphatic heterocycles. The Balaban J connectivity index is 1.92. The highest BCUT2D eigenvalue weighted by molar-refractivity contribution is 9.11. The van der Waals surface area contributed by atoms with Crippen LogP contribution in [0.2, 0.25) is 0 Å². The summed E-state index contributed by atoms with van der Waals surface area (Å²) in [6.07, 6.45) is -10.3. The summed E-state index contributed by atoms with van der Waals surface area (Å²) >= 11 is 14.2. The van der Waals surface area contributed by atoms with Crippen molar-refractivity contribution in [1.29, 1.82) is 0 Å². The zero-order valence-electron chi connectivity index (χ0n) is 18.4. The zero-order chi connectivity index (χ0) is 26.7. The minimum Gasteiger partial charge on any atom is -0.166 e. The molecule has 4 rings (SSSR count). The Hall–Kier alpha value is -1.36. The van der Waals surface area contributed by atoms with Crippen molar-refractivity contribution >= 4 is 74.5 Å². The van der Waals surface area contributed by atoms with Crippen LogP contribution in [0.3, 0.4) is 0 Å². The van der Waals surface area contributed by atoms with Gasteiger partial charge in [-0.15, -0.1) is 0 Å². The lowest BCUT2D eigenvalue weighted by Crippen LogP contribution is -2.16. The minimum absolute atomic E-state index is 0.0387. The lowest BCUT2D eigenvalue weighted by molar-refractivity contribution is -0.161. The van der Waals surface area contributed by atoms with E-state index in [-0.39, 0.29) is 10.8 Å². The molecule has 0 saturated heterocycles. The maximum Gasteiger partial charge on any atom is 0.417 e. The quantitative estimate of drug-likeness (QED) is 0.179. The Labute approximate surface area is 236 Å². The van der Waals surface area contributed by atoms with Gasteiger partial charge in [0.15, 0.2) is 0 Å². The number of aryl methyl sites for hydroxylation is 2. The minimum atomic E-state index is -5.16. The Morgan fingerprint density at radius 2 is 0.778 bits per heavy atom. The van der Waals surface area contributed by atoms with Gasteiger partial charge in [0.1, 0.15) is 0 Å². The van der Waals surface area contributed by atoms with Crippen molar-refractivity contribution in [2.24, 2.45) is 0 Å². The van der Waals surface area contributed by atoms with Crippen LogP contribution in [0.15, 0.2) is 66.4 Å². The standard InChI is InChI=1S/C26H14Br4F6/c1-11-3-15(21(27)4-12(11)2)17-9-24(30)18(10-23(17)29)16-5-13-6-19(25(31,32)33)20(26(34,35)36)7-14(13)8-22(16)28/h3-10H,1-2H3. The molecule has 0 aromatic heterocycles. The van der Waals surface area contributed by atoms with Crippen LogP contribution >= 0.6 is 63.7 Å². The highest BCUT2D eigenvalue weighted by atomic mass is 79.9. The third-order valence-corrected chi connectivity index (χ3v) is 8.52. The summed E-state index contributed by atoms with van der Waals surface area (Å²) in [5, 5.41) is 0.0781. The second-order valence-corrected chi connectivity index (χ2v) is 11.7. The number of halogens is 10. The Morgan fingerprint density at radius 3 is 1.25 bits per heavy atom. The van der Waals surface area contributed by atoms with E-state index in [1.165, 1.54) is 12.1 Å². The van der Waals surface area contributed by atoms with Crippen LogP contribution in [0.1, 0.15) is 22.3 Å². The summed E-state index contributed by atoms with van der Waals surface area (Å²) in [5.74, 6) is 0. The maximum atomic E-state index is 13.5. The Morgan fingerprint density at radius 1 is 0.444 bits per heavy atom. The lowest BCUT2D eigenvalue weighted by Gasteiger charge is -2.18. The lowest BCUT2D eigenvalue weighted by atomic mass is 9.95. The van der Waals surface area contributed by atoms with Gasteiger partial charge >= 0.3 is 12.4 Å². The first-order valence-corrected chi connectivity index (χ1v) is 13.4. The summed E-state index contributed by atoms with van der Waals surface area (Å²) in [7, 11) is 0. The Bertz CT molecular complexity index is 1520. The molecule has 0 atom stereocenters. The summed E-state index contributed by atoms with van der Waals surface area (Å²) in [5.41, 5.74) is 1.80. The molecule has 4 aromatic rings. The van der Waals surface area contributed by atoms with Gasteiger partial charge in [-0.3, -0.25) is 0 Å². The molecule has 0 amide bonds. The van der Waals surface area contributed by atoms with E-state index in [2.05, 4.69) is 69.8 Å². The van der Waals surface area contributed by atoms with Gasteiger partial charge in [-0.25, -0.2) is 0 Å². The average Bonchev–Trinajstić information content (AvgIpc) is 2.75. The van der Waals surface area contributed by atoms with E-state index >= 15 is 0 Å². The van der Waals surface area contributed by atoms with Crippen LogP contribution in [0.5, 0.6) is 0 Å². The SMILES string of the molecule is Cc1cc(Br)c(-c2cc(Br)c(-c3cc4cc(C(F)(F)F)c(C(F)(F)F)cc4cc3Br)cc2Br)cc1C. The van der Waals surface area contributed by atoms with Crippen LogP contribution in [-0.4, -0.2) is 0 Å². The van der Waals surface area contributed by atoms with Crippen LogP contribution in [0.4, 0.5) is 26.3 Å². The van der Waals surface area contributed by atoms with Crippen LogP contribution in [0.25, 0.3) is 33.0 Å². The van der Waals surface area contributed by atoms with Gasteiger partial charge in [-0.05, 0) is 100 Å². The van der Waals surface area contributed by atoms with Crippen molar-refractivity contribution in [3.63, 3.8) is 0 Å².